The SMILES string of the molecule is CCC(CC)(CNCC(C)C)CN1CCCCCC1CO. The van der Waals surface area contributed by atoms with Crippen molar-refractivity contribution in [2.75, 3.05) is 32.8 Å². The standard InChI is InChI=1S/C18H38N2O/c1-5-18(6-2,14-19-12-16(3)4)15-20-11-9-7-8-10-17(20)13-21/h16-17,19,21H,5-15H2,1-4H3. The van der Waals surface area contributed by atoms with Gasteiger partial charge in [0.25, 0.3) is 0 Å². The fourth-order valence-electron chi connectivity index (χ4n) is 3.49. The first-order chi connectivity index (χ1) is 10.1. The largest absolute Gasteiger partial charge is 0.395 e. The molecule has 0 aliphatic carbocycles. The van der Waals surface area contributed by atoms with Crippen molar-refractivity contribution in [1.82, 2.24) is 10.2 Å². The Kier molecular flexibility index (Phi) is 8.84. The normalized spacial score (nSPS) is 21.7. The maximum Gasteiger partial charge on any atom is 0.0586 e. The van der Waals surface area contributed by atoms with Crippen LogP contribution in [0, 0.1) is 11.3 Å². The Morgan fingerprint density at radius 2 is 1.90 bits per heavy atom. The summed E-state index contributed by atoms with van der Waals surface area (Å²) in [6, 6.07) is 0.384. The van der Waals surface area contributed by atoms with E-state index in [1.54, 1.807) is 0 Å². The summed E-state index contributed by atoms with van der Waals surface area (Å²) in [5, 5.41) is 13.4. The lowest BCUT2D eigenvalue weighted by atomic mass is 9.81. The second-order valence-corrected chi connectivity index (χ2v) is 7.39. The van der Waals surface area contributed by atoms with Crippen LogP contribution in [0.3, 0.4) is 0 Å². The number of likely N-dealkylation sites (tertiary alicyclic amines) is 1. The summed E-state index contributed by atoms with van der Waals surface area (Å²) in [6.07, 6.45) is 7.48. The Hall–Kier alpha value is -0.120. The zero-order valence-electron chi connectivity index (χ0n) is 14.8. The van der Waals surface area contributed by atoms with Crippen LogP contribution in [0.5, 0.6) is 0 Å². The van der Waals surface area contributed by atoms with Crippen LogP contribution in [0.1, 0.15) is 66.2 Å². The summed E-state index contributed by atoms with van der Waals surface area (Å²) < 4.78 is 0. The van der Waals surface area contributed by atoms with Gasteiger partial charge in [-0.15, -0.1) is 0 Å². The first-order valence-corrected chi connectivity index (χ1v) is 9.12. The maximum absolute atomic E-state index is 9.72. The fourth-order valence-corrected chi connectivity index (χ4v) is 3.49. The average molecular weight is 299 g/mol. The lowest BCUT2D eigenvalue weighted by molar-refractivity contribution is 0.0678. The van der Waals surface area contributed by atoms with E-state index < -0.39 is 0 Å². The van der Waals surface area contributed by atoms with Gasteiger partial charge in [0.05, 0.1) is 6.61 Å². The molecule has 1 unspecified atom stereocenters. The Morgan fingerprint density at radius 3 is 2.48 bits per heavy atom. The van der Waals surface area contributed by atoms with Crippen LogP contribution in [0.2, 0.25) is 0 Å². The van der Waals surface area contributed by atoms with Gasteiger partial charge >= 0.3 is 0 Å². The molecule has 0 amide bonds. The second kappa shape index (κ2) is 9.81. The summed E-state index contributed by atoms with van der Waals surface area (Å²) in [5.74, 6) is 0.708. The molecule has 1 fully saturated rings. The third-order valence-electron chi connectivity index (χ3n) is 5.30. The smallest absolute Gasteiger partial charge is 0.0586 e. The van der Waals surface area contributed by atoms with E-state index in [0.29, 0.717) is 24.0 Å². The molecule has 3 nitrogen and oxygen atoms in total. The molecule has 126 valence electrons. The van der Waals surface area contributed by atoms with Gasteiger partial charge < -0.3 is 10.4 Å². The molecular weight excluding hydrogens is 260 g/mol. The molecule has 0 spiro atoms. The van der Waals surface area contributed by atoms with E-state index in [1.165, 1.54) is 38.5 Å². The van der Waals surface area contributed by atoms with Gasteiger partial charge in [-0.25, -0.2) is 0 Å². The highest BCUT2D eigenvalue weighted by atomic mass is 16.3. The van der Waals surface area contributed by atoms with E-state index in [1.807, 2.05) is 0 Å². The number of aliphatic hydroxyl groups excluding tert-OH is 1. The zero-order valence-corrected chi connectivity index (χ0v) is 14.8. The summed E-state index contributed by atoms with van der Waals surface area (Å²) in [7, 11) is 0. The minimum atomic E-state index is 0.322. The van der Waals surface area contributed by atoms with Gasteiger partial charge in [-0.1, -0.05) is 40.5 Å². The summed E-state index contributed by atoms with van der Waals surface area (Å²) in [6.45, 7) is 14.0. The lowest BCUT2D eigenvalue weighted by Gasteiger charge is -2.40. The molecular formula is C18H38N2O. The van der Waals surface area contributed by atoms with Crippen LogP contribution in [0.4, 0.5) is 0 Å². The summed E-state index contributed by atoms with van der Waals surface area (Å²) >= 11 is 0. The molecule has 3 heteroatoms. The topological polar surface area (TPSA) is 35.5 Å². The molecule has 0 saturated carbocycles. The van der Waals surface area contributed by atoms with Crippen LogP contribution in [-0.2, 0) is 0 Å². The summed E-state index contributed by atoms with van der Waals surface area (Å²) in [5.41, 5.74) is 0.354. The summed E-state index contributed by atoms with van der Waals surface area (Å²) in [4.78, 5) is 2.58. The van der Waals surface area contributed by atoms with Crippen molar-refractivity contribution in [3.63, 3.8) is 0 Å². The first kappa shape index (κ1) is 18.9. The fraction of sp³-hybridized carbons (Fsp3) is 1.00. The van der Waals surface area contributed by atoms with Crippen molar-refractivity contribution in [2.45, 2.75) is 72.3 Å². The molecule has 0 radical (unpaired) electrons. The minimum Gasteiger partial charge on any atom is -0.395 e. The molecule has 1 atom stereocenters. The van der Waals surface area contributed by atoms with Gasteiger partial charge in [-0.05, 0) is 50.1 Å². The van der Waals surface area contributed by atoms with Crippen molar-refractivity contribution in [3.8, 4) is 0 Å². The van der Waals surface area contributed by atoms with E-state index in [2.05, 4.69) is 37.9 Å². The van der Waals surface area contributed by atoms with Crippen LogP contribution in [0.25, 0.3) is 0 Å². The number of hydrogen-bond donors (Lipinski definition) is 2. The third-order valence-corrected chi connectivity index (χ3v) is 5.30. The molecule has 1 aliphatic rings. The molecule has 1 heterocycles. The van der Waals surface area contributed by atoms with Gasteiger partial charge in [-0.2, -0.15) is 0 Å². The number of aliphatic hydroxyl groups is 1. The van der Waals surface area contributed by atoms with E-state index in [9.17, 15) is 5.11 Å². The predicted molar refractivity (Wildman–Crippen MR) is 91.6 cm³/mol. The lowest BCUT2D eigenvalue weighted by Crippen LogP contribution is -2.48. The maximum atomic E-state index is 9.72. The third kappa shape index (κ3) is 6.25. The van der Waals surface area contributed by atoms with Gasteiger partial charge in [0, 0.05) is 19.1 Å². The Morgan fingerprint density at radius 1 is 1.19 bits per heavy atom. The molecule has 0 aromatic heterocycles. The Balaban J connectivity index is 2.65. The molecule has 1 rings (SSSR count). The molecule has 2 N–H and O–H groups in total. The van der Waals surface area contributed by atoms with Gasteiger partial charge in [-0.3, -0.25) is 4.90 Å². The van der Waals surface area contributed by atoms with Crippen molar-refractivity contribution in [3.05, 3.63) is 0 Å². The van der Waals surface area contributed by atoms with E-state index in [4.69, 9.17) is 0 Å². The van der Waals surface area contributed by atoms with Crippen LogP contribution in [-0.4, -0.2) is 48.8 Å². The van der Waals surface area contributed by atoms with Gasteiger partial charge in [0.1, 0.15) is 0 Å². The average Bonchev–Trinajstić information content (AvgIpc) is 2.70. The predicted octanol–water partition coefficient (Wildman–Crippen LogP) is 3.28. The highest BCUT2D eigenvalue weighted by molar-refractivity contribution is 4.86. The van der Waals surface area contributed by atoms with E-state index in [-0.39, 0.29) is 0 Å². The monoisotopic (exact) mass is 298 g/mol. The molecule has 1 aliphatic heterocycles. The van der Waals surface area contributed by atoms with E-state index >= 15 is 0 Å². The highest BCUT2D eigenvalue weighted by Crippen LogP contribution is 2.29. The Bertz CT molecular complexity index is 264. The van der Waals surface area contributed by atoms with Crippen LogP contribution < -0.4 is 5.32 Å². The second-order valence-electron chi connectivity index (χ2n) is 7.39. The van der Waals surface area contributed by atoms with Gasteiger partial charge in [0.2, 0.25) is 0 Å². The number of nitrogens with zero attached hydrogens (tertiary/aromatic N) is 1. The van der Waals surface area contributed by atoms with Crippen molar-refractivity contribution < 1.29 is 5.11 Å². The molecule has 0 aromatic rings. The highest BCUT2D eigenvalue weighted by Gasteiger charge is 2.31. The number of rotatable bonds is 9. The number of nitrogens with one attached hydrogen (secondary N) is 1. The minimum absolute atomic E-state index is 0.322. The van der Waals surface area contributed by atoms with Crippen LogP contribution in [0.15, 0.2) is 0 Å². The van der Waals surface area contributed by atoms with E-state index in [0.717, 1.165) is 26.2 Å². The molecule has 0 bridgehead atoms. The first-order valence-electron chi connectivity index (χ1n) is 9.12. The number of hydrogen-bond acceptors (Lipinski definition) is 3. The van der Waals surface area contributed by atoms with Crippen molar-refractivity contribution >= 4 is 0 Å². The molecule has 0 aromatic carbocycles. The zero-order chi connectivity index (χ0) is 15.7. The quantitative estimate of drug-likeness (QED) is 0.686. The molecule has 21 heavy (non-hydrogen) atoms. The Labute approximate surface area is 132 Å². The van der Waals surface area contributed by atoms with Crippen molar-refractivity contribution in [2.24, 2.45) is 11.3 Å². The van der Waals surface area contributed by atoms with Crippen molar-refractivity contribution in [1.29, 1.82) is 0 Å². The molecule has 1 saturated heterocycles. The van der Waals surface area contributed by atoms with Crippen LogP contribution >= 0.6 is 0 Å². The van der Waals surface area contributed by atoms with Gasteiger partial charge in [0.15, 0.2) is 0 Å².